The van der Waals surface area contributed by atoms with Gasteiger partial charge in [0.1, 0.15) is 6.04 Å². The molecule has 0 aromatic heterocycles. The van der Waals surface area contributed by atoms with Gasteiger partial charge in [-0.3, -0.25) is 9.59 Å². The van der Waals surface area contributed by atoms with Crippen LogP contribution in [0.25, 0.3) is 0 Å². The van der Waals surface area contributed by atoms with Crippen LogP contribution in [0.3, 0.4) is 0 Å². The maximum absolute atomic E-state index is 13.0. The summed E-state index contributed by atoms with van der Waals surface area (Å²) in [7, 11) is 0. The van der Waals surface area contributed by atoms with Crippen molar-refractivity contribution in [3.63, 3.8) is 0 Å². The summed E-state index contributed by atoms with van der Waals surface area (Å²) in [5.74, 6) is -0.428. The SMILES string of the molecule is O=C(N[C@@H](C(=O)c1ccc(Br)cc1)c1ccccc1)c1ccccc1. The van der Waals surface area contributed by atoms with Crippen LogP contribution < -0.4 is 5.32 Å². The summed E-state index contributed by atoms with van der Waals surface area (Å²) in [4.78, 5) is 25.5. The van der Waals surface area contributed by atoms with Gasteiger partial charge >= 0.3 is 0 Å². The Morgan fingerprint density at radius 1 is 0.720 bits per heavy atom. The Morgan fingerprint density at radius 2 is 1.28 bits per heavy atom. The van der Waals surface area contributed by atoms with Crippen LogP contribution in [0.1, 0.15) is 32.3 Å². The molecule has 1 atom stereocenters. The zero-order valence-electron chi connectivity index (χ0n) is 13.4. The number of hydrogen-bond donors (Lipinski definition) is 1. The molecule has 124 valence electrons. The molecule has 0 unspecified atom stereocenters. The largest absolute Gasteiger partial charge is 0.338 e. The number of carbonyl (C=O) groups is 2. The zero-order chi connectivity index (χ0) is 17.6. The molecule has 0 spiro atoms. The van der Waals surface area contributed by atoms with Gasteiger partial charge in [-0.25, -0.2) is 0 Å². The first-order valence-corrected chi connectivity index (χ1v) is 8.65. The van der Waals surface area contributed by atoms with Gasteiger partial charge in [0.2, 0.25) is 0 Å². The molecule has 25 heavy (non-hydrogen) atoms. The lowest BCUT2D eigenvalue weighted by molar-refractivity contribution is 0.0857. The van der Waals surface area contributed by atoms with Crippen LogP contribution in [0.15, 0.2) is 89.4 Å². The highest BCUT2D eigenvalue weighted by molar-refractivity contribution is 9.10. The van der Waals surface area contributed by atoms with Crippen molar-refractivity contribution in [1.82, 2.24) is 5.32 Å². The van der Waals surface area contributed by atoms with E-state index in [1.807, 2.05) is 48.5 Å². The molecule has 3 rings (SSSR count). The lowest BCUT2D eigenvalue weighted by Gasteiger charge is -2.18. The van der Waals surface area contributed by atoms with E-state index in [4.69, 9.17) is 0 Å². The first-order chi connectivity index (χ1) is 12.1. The molecule has 0 radical (unpaired) electrons. The average molecular weight is 394 g/mol. The predicted octanol–water partition coefficient (Wildman–Crippen LogP) is 4.80. The summed E-state index contributed by atoms with van der Waals surface area (Å²) in [5.41, 5.74) is 1.82. The van der Waals surface area contributed by atoms with Gasteiger partial charge in [-0.05, 0) is 29.8 Å². The van der Waals surface area contributed by atoms with Crippen LogP contribution in [0, 0.1) is 0 Å². The van der Waals surface area contributed by atoms with Crippen LogP contribution in [-0.2, 0) is 0 Å². The minimum Gasteiger partial charge on any atom is -0.338 e. The molecular formula is C21H16BrNO2. The molecule has 0 aliphatic rings. The Morgan fingerprint density at radius 3 is 1.88 bits per heavy atom. The summed E-state index contributed by atoms with van der Waals surface area (Å²) in [6.07, 6.45) is 0. The molecule has 3 nitrogen and oxygen atoms in total. The van der Waals surface area contributed by atoms with E-state index in [0.717, 1.165) is 10.0 Å². The molecule has 3 aromatic rings. The zero-order valence-corrected chi connectivity index (χ0v) is 14.9. The molecule has 0 aliphatic carbocycles. The van der Waals surface area contributed by atoms with Crippen molar-refractivity contribution in [2.75, 3.05) is 0 Å². The second-order valence-electron chi connectivity index (χ2n) is 5.55. The van der Waals surface area contributed by atoms with Gasteiger partial charge in [-0.1, -0.05) is 76.6 Å². The molecule has 1 N–H and O–H groups in total. The Labute approximate surface area is 154 Å². The summed E-state index contributed by atoms with van der Waals surface area (Å²) in [5, 5.41) is 2.86. The third-order valence-electron chi connectivity index (χ3n) is 3.84. The summed E-state index contributed by atoms with van der Waals surface area (Å²) >= 11 is 3.37. The van der Waals surface area contributed by atoms with Gasteiger partial charge < -0.3 is 5.32 Å². The van der Waals surface area contributed by atoms with Crippen molar-refractivity contribution in [1.29, 1.82) is 0 Å². The third-order valence-corrected chi connectivity index (χ3v) is 4.36. The Bertz CT molecular complexity index is 861. The van der Waals surface area contributed by atoms with Gasteiger partial charge in [-0.2, -0.15) is 0 Å². The van der Waals surface area contributed by atoms with Crippen molar-refractivity contribution in [2.24, 2.45) is 0 Å². The van der Waals surface area contributed by atoms with Crippen LogP contribution in [0.2, 0.25) is 0 Å². The highest BCUT2D eigenvalue weighted by atomic mass is 79.9. The van der Waals surface area contributed by atoms with Gasteiger partial charge in [0, 0.05) is 15.6 Å². The van der Waals surface area contributed by atoms with Crippen molar-refractivity contribution < 1.29 is 9.59 Å². The summed E-state index contributed by atoms with van der Waals surface area (Å²) < 4.78 is 0.897. The van der Waals surface area contributed by atoms with Crippen LogP contribution in [-0.4, -0.2) is 11.7 Å². The van der Waals surface area contributed by atoms with Gasteiger partial charge in [0.25, 0.3) is 5.91 Å². The smallest absolute Gasteiger partial charge is 0.252 e. The van der Waals surface area contributed by atoms with Crippen LogP contribution in [0.5, 0.6) is 0 Å². The Balaban J connectivity index is 1.91. The van der Waals surface area contributed by atoms with Crippen molar-refractivity contribution in [3.05, 3.63) is 106 Å². The molecule has 4 heteroatoms. The number of hydrogen-bond acceptors (Lipinski definition) is 2. The minimum atomic E-state index is -0.741. The standard InChI is InChI=1S/C21H16BrNO2/c22-18-13-11-16(12-14-18)20(24)19(15-7-3-1-4-8-15)23-21(25)17-9-5-2-6-10-17/h1-14,19H,(H,23,25)/t19-/m1/s1. The Kier molecular flexibility index (Phi) is 5.41. The van der Waals surface area contributed by atoms with Crippen LogP contribution >= 0.6 is 15.9 Å². The number of nitrogens with one attached hydrogen (secondary N) is 1. The monoisotopic (exact) mass is 393 g/mol. The normalized spacial score (nSPS) is 11.6. The second kappa shape index (κ2) is 7.90. The van der Waals surface area contributed by atoms with E-state index in [9.17, 15) is 9.59 Å². The Hall–Kier alpha value is -2.72. The fourth-order valence-corrected chi connectivity index (χ4v) is 2.79. The molecule has 0 bridgehead atoms. The number of halogens is 1. The molecule has 3 aromatic carbocycles. The molecule has 0 saturated heterocycles. The molecular weight excluding hydrogens is 378 g/mol. The molecule has 0 heterocycles. The fourth-order valence-electron chi connectivity index (χ4n) is 2.53. The molecule has 0 aliphatic heterocycles. The van der Waals surface area contributed by atoms with Gasteiger partial charge in [0.15, 0.2) is 5.78 Å². The number of rotatable bonds is 5. The van der Waals surface area contributed by atoms with Crippen molar-refractivity contribution in [3.8, 4) is 0 Å². The number of amides is 1. The topological polar surface area (TPSA) is 46.2 Å². The van der Waals surface area contributed by atoms with E-state index in [1.165, 1.54) is 0 Å². The van der Waals surface area contributed by atoms with E-state index in [1.54, 1.807) is 36.4 Å². The fraction of sp³-hybridized carbons (Fsp3) is 0.0476. The van der Waals surface area contributed by atoms with E-state index >= 15 is 0 Å². The summed E-state index contributed by atoms with van der Waals surface area (Å²) in [6.45, 7) is 0. The molecule has 0 saturated carbocycles. The van der Waals surface area contributed by atoms with Crippen molar-refractivity contribution >= 4 is 27.6 Å². The van der Waals surface area contributed by atoms with E-state index < -0.39 is 6.04 Å². The number of benzene rings is 3. The predicted molar refractivity (Wildman–Crippen MR) is 102 cm³/mol. The number of ketones is 1. The maximum Gasteiger partial charge on any atom is 0.252 e. The average Bonchev–Trinajstić information content (AvgIpc) is 2.67. The van der Waals surface area contributed by atoms with Crippen molar-refractivity contribution in [2.45, 2.75) is 6.04 Å². The minimum absolute atomic E-state index is 0.150. The van der Waals surface area contributed by atoms with E-state index in [-0.39, 0.29) is 11.7 Å². The quantitative estimate of drug-likeness (QED) is 0.632. The lowest BCUT2D eigenvalue weighted by Crippen LogP contribution is -2.34. The first kappa shape index (κ1) is 17.1. The van der Waals surface area contributed by atoms with E-state index in [2.05, 4.69) is 21.2 Å². The van der Waals surface area contributed by atoms with Gasteiger partial charge in [-0.15, -0.1) is 0 Å². The summed E-state index contributed by atoms with van der Waals surface area (Å²) in [6, 6.07) is 24.5. The second-order valence-corrected chi connectivity index (χ2v) is 6.47. The highest BCUT2D eigenvalue weighted by Gasteiger charge is 2.24. The molecule has 1 amide bonds. The molecule has 0 fully saturated rings. The number of carbonyl (C=O) groups excluding carboxylic acids is 2. The first-order valence-electron chi connectivity index (χ1n) is 7.86. The lowest BCUT2D eigenvalue weighted by atomic mass is 9.97. The number of Topliss-reactive ketones (excluding diaryl/α,β-unsaturated/α-hetero) is 1. The highest BCUT2D eigenvalue weighted by Crippen LogP contribution is 2.21. The van der Waals surface area contributed by atoms with Gasteiger partial charge in [0.05, 0.1) is 0 Å². The van der Waals surface area contributed by atoms with Crippen LogP contribution in [0.4, 0.5) is 0 Å². The van der Waals surface area contributed by atoms with E-state index in [0.29, 0.717) is 11.1 Å². The third kappa shape index (κ3) is 4.22. The maximum atomic E-state index is 13.0.